The third kappa shape index (κ3) is 2.43. The van der Waals surface area contributed by atoms with E-state index in [1.54, 1.807) is 0 Å². The minimum Gasteiger partial charge on any atom is -0.372 e. The van der Waals surface area contributed by atoms with Gasteiger partial charge in [-0.2, -0.15) is 0 Å². The van der Waals surface area contributed by atoms with Crippen LogP contribution in [0.5, 0.6) is 0 Å². The Balaban J connectivity index is 1.66. The standard InChI is InChI=1S/C13H17NO2/c1-10-4-2-3-5-13(10)14(6-11-8-15-11)7-12-9-16-12/h2-5,11-13H,1,6-9H2. The van der Waals surface area contributed by atoms with Gasteiger partial charge in [-0.1, -0.05) is 30.9 Å². The van der Waals surface area contributed by atoms with Gasteiger partial charge < -0.3 is 9.47 Å². The first-order valence-corrected chi connectivity index (χ1v) is 5.84. The summed E-state index contributed by atoms with van der Waals surface area (Å²) in [4.78, 5) is 2.41. The first-order chi connectivity index (χ1) is 7.83. The van der Waals surface area contributed by atoms with Crippen LogP contribution < -0.4 is 0 Å². The number of nitrogens with zero attached hydrogens (tertiary/aromatic N) is 1. The molecule has 86 valence electrons. The molecule has 0 aromatic rings. The van der Waals surface area contributed by atoms with Gasteiger partial charge in [0.25, 0.3) is 0 Å². The second kappa shape index (κ2) is 4.17. The quantitative estimate of drug-likeness (QED) is 0.649. The number of allylic oxidation sites excluding steroid dienone is 2. The number of hydrogen-bond donors (Lipinski definition) is 0. The highest BCUT2D eigenvalue weighted by Gasteiger charge is 2.33. The van der Waals surface area contributed by atoms with Crippen LogP contribution in [0.3, 0.4) is 0 Å². The Morgan fingerprint density at radius 2 is 1.81 bits per heavy atom. The highest BCUT2D eigenvalue weighted by Crippen LogP contribution is 2.23. The van der Waals surface area contributed by atoms with Crippen LogP contribution in [0.1, 0.15) is 0 Å². The largest absolute Gasteiger partial charge is 0.372 e. The number of epoxide rings is 2. The lowest BCUT2D eigenvalue weighted by Gasteiger charge is -2.30. The molecule has 3 nitrogen and oxygen atoms in total. The van der Waals surface area contributed by atoms with Crippen LogP contribution in [0.15, 0.2) is 36.5 Å². The molecule has 0 aromatic carbocycles. The van der Waals surface area contributed by atoms with Gasteiger partial charge in [0.15, 0.2) is 0 Å². The molecule has 3 unspecified atom stereocenters. The highest BCUT2D eigenvalue weighted by atomic mass is 16.6. The zero-order valence-corrected chi connectivity index (χ0v) is 9.34. The van der Waals surface area contributed by atoms with Crippen LogP contribution in [0, 0.1) is 0 Å². The van der Waals surface area contributed by atoms with E-state index in [1.165, 1.54) is 0 Å². The fraction of sp³-hybridized carbons (Fsp3) is 0.538. The van der Waals surface area contributed by atoms with E-state index in [0.29, 0.717) is 18.2 Å². The van der Waals surface area contributed by atoms with Gasteiger partial charge in [-0.25, -0.2) is 0 Å². The van der Waals surface area contributed by atoms with E-state index >= 15 is 0 Å². The van der Waals surface area contributed by atoms with Crippen molar-refractivity contribution in [3.63, 3.8) is 0 Å². The molecule has 0 aromatic heterocycles. The Hall–Kier alpha value is -0.900. The molecule has 0 N–H and O–H groups in total. The van der Waals surface area contributed by atoms with Crippen LogP contribution in [-0.4, -0.2) is 49.5 Å². The maximum atomic E-state index is 5.31. The summed E-state index contributed by atoms with van der Waals surface area (Å²) < 4.78 is 10.6. The monoisotopic (exact) mass is 219 g/mol. The Kier molecular flexibility index (Phi) is 2.67. The molecule has 2 saturated heterocycles. The molecule has 16 heavy (non-hydrogen) atoms. The van der Waals surface area contributed by atoms with Crippen molar-refractivity contribution in [2.45, 2.75) is 18.2 Å². The molecule has 0 bridgehead atoms. The summed E-state index contributed by atoms with van der Waals surface area (Å²) in [5, 5.41) is 0. The second-order valence-corrected chi connectivity index (χ2v) is 4.63. The molecular formula is C13H17NO2. The van der Waals surface area contributed by atoms with Gasteiger partial charge >= 0.3 is 0 Å². The molecule has 0 spiro atoms. The van der Waals surface area contributed by atoms with Crippen molar-refractivity contribution >= 4 is 0 Å². The Labute approximate surface area is 96.0 Å². The first-order valence-electron chi connectivity index (χ1n) is 5.84. The maximum Gasteiger partial charge on any atom is 0.0936 e. The smallest absolute Gasteiger partial charge is 0.0936 e. The van der Waals surface area contributed by atoms with E-state index in [9.17, 15) is 0 Å². The van der Waals surface area contributed by atoms with Gasteiger partial charge in [-0.15, -0.1) is 0 Å². The summed E-state index contributed by atoms with van der Waals surface area (Å²) >= 11 is 0. The van der Waals surface area contributed by atoms with Crippen molar-refractivity contribution in [1.29, 1.82) is 0 Å². The average molecular weight is 219 g/mol. The molecule has 1 aliphatic carbocycles. The molecule has 3 atom stereocenters. The lowest BCUT2D eigenvalue weighted by molar-refractivity contribution is 0.205. The molecule has 3 aliphatic rings. The van der Waals surface area contributed by atoms with Crippen molar-refractivity contribution in [1.82, 2.24) is 4.90 Å². The number of rotatable bonds is 5. The minimum absolute atomic E-state index is 0.318. The van der Waals surface area contributed by atoms with Crippen molar-refractivity contribution in [2.24, 2.45) is 0 Å². The fourth-order valence-electron chi connectivity index (χ4n) is 2.10. The zero-order valence-electron chi connectivity index (χ0n) is 9.34. The third-order valence-corrected chi connectivity index (χ3v) is 3.17. The number of ether oxygens (including phenoxy) is 2. The molecule has 2 fully saturated rings. The van der Waals surface area contributed by atoms with E-state index in [4.69, 9.17) is 9.47 Å². The lowest BCUT2D eigenvalue weighted by atomic mass is 10.0. The van der Waals surface area contributed by atoms with Gasteiger partial charge in [0, 0.05) is 13.1 Å². The number of hydrogen-bond acceptors (Lipinski definition) is 3. The van der Waals surface area contributed by atoms with Crippen molar-refractivity contribution in [3.8, 4) is 0 Å². The normalized spacial score (nSPS) is 35.8. The van der Waals surface area contributed by atoms with Gasteiger partial charge in [0.1, 0.15) is 0 Å². The Morgan fingerprint density at radius 3 is 2.31 bits per heavy atom. The minimum atomic E-state index is 0.318. The second-order valence-electron chi connectivity index (χ2n) is 4.63. The first kappa shape index (κ1) is 10.3. The predicted molar refractivity (Wildman–Crippen MR) is 62.3 cm³/mol. The zero-order chi connectivity index (χ0) is 11.0. The van der Waals surface area contributed by atoms with Gasteiger partial charge in [0.2, 0.25) is 0 Å². The van der Waals surface area contributed by atoms with E-state index in [2.05, 4.69) is 29.7 Å². The maximum absolute atomic E-state index is 5.31. The summed E-state index contributed by atoms with van der Waals surface area (Å²) in [6, 6.07) is 0.318. The van der Waals surface area contributed by atoms with E-state index < -0.39 is 0 Å². The van der Waals surface area contributed by atoms with Gasteiger partial charge in [-0.3, -0.25) is 4.90 Å². The molecule has 0 amide bonds. The van der Waals surface area contributed by atoms with E-state index in [1.807, 2.05) is 6.08 Å². The molecular weight excluding hydrogens is 202 g/mol. The summed E-state index contributed by atoms with van der Waals surface area (Å²) in [5.74, 6) is 0. The topological polar surface area (TPSA) is 28.3 Å². The summed E-state index contributed by atoms with van der Waals surface area (Å²) in [6.07, 6.45) is 9.26. The lowest BCUT2D eigenvalue weighted by Crippen LogP contribution is -2.40. The predicted octanol–water partition coefficient (Wildman–Crippen LogP) is 1.14. The molecule has 3 rings (SSSR count). The fourth-order valence-corrected chi connectivity index (χ4v) is 2.10. The van der Waals surface area contributed by atoms with Crippen LogP contribution in [0.4, 0.5) is 0 Å². The molecule has 2 aliphatic heterocycles. The van der Waals surface area contributed by atoms with E-state index in [0.717, 1.165) is 31.9 Å². The summed E-state index contributed by atoms with van der Waals surface area (Å²) in [5.41, 5.74) is 1.16. The molecule has 2 heterocycles. The van der Waals surface area contributed by atoms with Crippen LogP contribution in [0.25, 0.3) is 0 Å². The molecule has 3 heteroatoms. The highest BCUT2D eigenvalue weighted by molar-refractivity contribution is 5.34. The van der Waals surface area contributed by atoms with Crippen LogP contribution in [0.2, 0.25) is 0 Å². The van der Waals surface area contributed by atoms with Gasteiger partial charge in [0.05, 0.1) is 31.5 Å². The SMILES string of the molecule is C=C1C=CC=CC1N(CC1CO1)CC1CO1. The van der Waals surface area contributed by atoms with Crippen LogP contribution >= 0.6 is 0 Å². The summed E-state index contributed by atoms with van der Waals surface area (Å²) in [7, 11) is 0. The summed E-state index contributed by atoms with van der Waals surface area (Å²) in [6.45, 7) is 7.89. The molecule has 0 saturated carbocycles. The Bertz CT molecular complexity index is 326. The molecule has 0 radical (unpaired) electrons. The van der Waals surface area contributed by atoms with Crippen molar-refractivity contribution < 1.29 is 9.47 Å². The van der Waals surface area contributed by atoms with E-state index in [-0.39, 0.29) is 0 Å². The third-order valence-electron chi connectivity index (χ3n) is 3.17. The van der Waals surface area contributed by atoms with Gasteiger partial charge in [-0.05, 0) is 5.57 Å². The van der Waals surface area contributed by atoms with Crippen LogP contribution in [-0.2, 0) is 9.47 Å². The van der Waals surface area contributed by atoms with Crippen molar-refractivity contribution in [2.75, 3.05) is 26.3 Å². The average Bonchev–Trinajstić information content (AvgIpc) is 3.12. The van der Waals surface area contributed by atoms with Crippen molar-refractivity contribution in [3.05, 3.63) is 36.5 Å². The Morgan fingerprint density at radius 1 is 1.19 bits per heavy atom.